The number of aliphatic imine (C=N–C) groups is 1. The van der Waals surface area contributed by atoms with Crippen LogP contribution in [0.15, 0.2) is 248 Å². The van der Waals surface area contributed by atoms with Crippen LogP contribution in [-0.2, 0) is 0 Å². The fourth-order valence-corrected chi connectivity index (χ4v) is 11.1. The van der Waals surface area contributed by atoms with Gasteiger partial charge >= 0.3 is 0 Å². The van der Waals surface area contributed by atoms with Crippen LogP contribution in [0.2, 0.25) is 0 Å². The monoisotopic (exact) mass is 884 g/mol. The molecule has 0 saturated heterocycles. The highest BCUT2D eigenvalue weighted by atomic mass is 15.4. The fraction of sp³-hybridized carbons (Fsp3) is 0.0317. The number of hydrogen-bond donors (Lipinski definition) is 2. The molecule has 326 valence electrons. The van der Waals surface area contributed by atoms with Gasteiger partial charge in [-0.15, -0.1) is 0 Å². The second-order valence-corrected chi connectivity index (χ2v) is 18.0. The first-order chi connectivity index (χ1) is 34.3. The molecule has 1 aliphatic rings. The quantitative estimate of drug-likeness (QED) is 0.175. The third-order valence-electron chi connectivity index (χ3n) is 14.1. The van der Waals surface area contributed by atoms with Crippen LogP contribution >= 0.6 is 0 Å². The molecule has 0 spiro atoms. The predicted octanol–water partition coefficient (Wildman–Crippen LogP) is 15.1. The third kappa shape index (κ3) is 6.20. The molecule has 0 saturated carbocycles. The lowest BCUT2D eigenvalue weighted by Gasteiger charge is -2.33. The Balaban J connectivity index is 1.12. The largest absolute Gasteiger partial charge is 0.336 e. The van der Waals surface area contributed by atoms with Crippen molar-refractivity contribution in [3.05, 3.63) is 254 Å². The van der Waals surface area contributed by atoms with E-state index in [9.17, 15) is 0 Å². The molecule has 0 aliphatic carbocycles. The minimum Gasteiger partial charge on any atom is -0.336 e. The molecule has 2 unspecified atom stereocenters. The Labute approximate surface area is 398 Å². The first kappa shape index (κ1) is 39.2. The number of para-hydroxylation sites is 4. The summed E-state index contributed by atoms with van der Waals surface area (Å²) in [7, 11) is 0. The zero-order chi connectivity index (χ0) is 45.4. The van der Waals surface area contributed by atoms with E-state index in [4.69, 9.17) is 4.99 Å². The van der Waals surface area contributed by atoms with E-state index in [-0.39, 0.29) is 12.3 Å². The molecular weight excluding hydrogens is 841 g/mol. The van der Waals surface area contributed by atoms with Gasteiger partial charge in [-0.1, -0.05) is 200 Å². The lowest BCUT2D eigenvalue weighted by molar-refractivity contribution is 0.403. The Kier molecular flexibility index (Phi) is 9.00. The van der Waals surface area contributed by atoms with Crippen molar-refractivity contribution in [1.82, 2.24) is 24.3 Å². The summed E-state index contributed by atoms with van der Waals surface area (Å²) < 4.78 is 7.41. The summed E-state index contributed by atoms with van der Waals surface area (Å²) in [6.07, 6.45) is -0.605. The van der Waals surface area contributed by atoms with Crippen LogP contribution < -0.4 is 10.6 Å². The molecular formula is C63H44N6. The number of aromatic nitrogens is 3. The molecule has 14 rings (SSSR count). The first-order valence-corrected chi connectivity index (χ1v) is 23.7. The van der Waals surface area contributed by atoms with Gasteiger partial charge in [-0.25, -0.2) is 4.99 Å². The number of hydrogen-bond acceptors (Lipinski definition) is 3. The number of nitrogens with zero attached hydrogens (tertiary/aromatic N) is 4. The number of rotatable bonds is 6. The van der Waals surface area contributed by atoms with Gasteiger partial charge in [-0.05, 0) is 70.3 Å². The number of benzene rings is 10. The minimum atomic E-state index is -0.362. The third-order valence-corrected chi connectivity index (χ3v) is 14.1. The van der Waals surface area contributed by atoms with Gasteiger partial charge in [0.15, 0.2) is 0 Å². The van der Waals surface area contributed by atoms with Gasteiger partial charge in [-0.3, -0.25) is 9.88 Å². The van der Waals surface area contributed by atoms with Crippen LogP contribution in [-0.4, -0.2) is 19.7 Å². The molecule has 0 bridgehead atoms. The molecule has 4 heterocycles. The van der Waals surface area contributed by atoms with Crippen molar-refractivity contribution in [2.24, 2.45) is 4.99 Å². The zero-order valence-corrected chi connectivity index (χ0v) is 37.5. The molecule has 6 heteroatoms. The molecule has 6 nitrogen and oxygen atoms in total. The molecule has 2 N–H and O–H groups in total. The molecule has 13 aromatic rings. The smallest absolute Gasteiger partial charge is 0.206 e. The van der Waals surface area contributed by atoms with Crippen molar-refractivity contribution in [2.75, 3.05) is 0 Å². The summed E-state index contributed by atoms with van der Waals surface area (Å²) in [6.45, 7) is 0. The van der Waals surface area contributed by atoms with Crippen molar-refractivity contribution in [2.45, 2.75) is 12.3 Å². The van der Waals surface area contributed by atoms with E-state index in [0.717, 1.165) is 89.0 Å². The van der Waals surface area contributed by atoms with E-state index in [2.05, 4.69) is 267 Å². The highest BCUT2D eigenvalue weighted by molar-refractivity contribution is 6.27. The highest BCUT2D eigenvalue weighted by Crippen LogP contribution is 2.47. The van der Waals surface area contributed by atoms with Gasteiger partial charge < -0.3 is 14.5 Å². The molecule has 2 atom stereocenters. The average Bonchev–Trinajstić information content (AvgIpc) is 4.07. The Morgan fingerprint density at radius 3 is 1.57 bits per heavy atom. The summed E-state index contributed by atoms with van der Waals surface area (Å²) in [5.74, 6) is 0.774. The van der Waals surface area contributed by atoms with Crippen molar-refractivity contribution in [1.29, 1.82) is 0 Å². The maximum absolute atomic E-state index is 5.71. The second kappa shape index (κ2) is 15.8. The van der Waals surface area contributed by atoms with Crippen molar-refractivity contribution < 1.29 is 0 Å². The van der Waals surface area contributed by atoms with E-state index < -0.39 is 0 Å². The molecule has 1 aliphatic heterocycles. The van der Waals surface area contributed by atoms with Gasteiger partial charge in [0.25, 0.3) is 0 Å². The summed E-state index contributed by atoms with van der Waals surface area (Å²) in [5.41, 5.74) is 15.8. The Bertz CT molecular complexity index is 4130. The predicted molar refractivity (Wildman–Crippen MR) is 286 cm³/mol. The van der Waals surface area contributed by atoms with Gasteiger partial charge in [0, 0.05) is 43.6 Å². The number of nitrogens with one attached hydrogen (secondary N) is 2. The summed E-state index contributed by atoms with van der Waals surface area (Å²) in [5, 5.41) is 14.9. The van der Waals surface area contributed by atoms with Crippen LogP contribution in [0, 0.1) is 0 Å². The van der Waals surface area contributed by atoms with E-state index in [1.54, 1.807) is 0 Å². The van der Waals surface area contributed by atoms with Gasteiger partial charge in [0.2, 0.25) is 5.96 Å². The molecule has 0 radical (unpaired) electrons. The maximum atomic E-state index is 5.71. The Morgan fingerprint density at radius 2 is 0.884 bits per heavy atom. The SMILES string of the molecule is c1ccc(-c2cccc(C3N=C(n4c5ccccc5c5ccc6c7ccccc7n(-c7c(-c8ccccc8)ccc8c7c7ccccc7n8-c7ccccc7)c6c54)NC(c4ccccc4)N3)c2)cc1. The van der Waals surface area contributed by atoms with Crippen LogP contribution in [0.25, 0.3) is 99.0 Å². The van der Waals surface area contributed by atoms with Gasteiger partial charge in [0.1, 0.15) is 12.3 Å². The summed E-state index contributed by atoms with van der Waals surface area (Å²) >= 11 is 0. The average molecular weight is 885 g/mol. The molecule has 10 aromatic carbocycles. The highest BCUT2D eigenvalue weighted by Gasteiger charge is 2.31. The number of fused-ring (bicyclic) bond motifs is 10. The maximum Gasteiger partial charge on any atom is 0.206 e. The molecule has 3 aromatic heterocycles. The molecule has 69 heavy (non-hydrogen) atoms. The second-order valence-electron chi connectivity index (χ2n) is 18.0. The van der Waals surface area contributed by atoms with Crippen molar-refractivity contribution in [3.63, 3.8) is 0 Å². The van der Waals surface area contributed by atoms with Crippen LogP contribution in [0.3, 0.4) is 0 Å². The van der Waals surface area contributed by atoms with Gasteiger partial charge in [-0.2, -0.15) is 0 Å². The van der Waals surface area contributed by atoms with E-state index in [1.807, 2.05) is 0 Å². The van der Waals surface area contributed by atoms with Crippen LogP contribution in [0.5, 0.6) is 0 Å². The summed E-state index contributed by atoms with van der Waals surface area (Å²) in [6, 6.07) is 87.6. The normalized spacial score (nSPS) is 15.1. The topological polar surface area (TPSA) is 51.2 Å². The Morgan fingerprint density at radius 1 is 0.362 bits per heavy atom. The van der Waals surface area contributed by atoms with E-state index in [0.29, 0.717) is 0 Å². The van der Waals surface area contributed by atoms with Crippen LogP contribution in [0.1, 0.15) is 23.5 Å². The first-order valence-electron chi connectivity index (χ1n) is 23.7. The van der Waals surface area contributed by atoms with Crippen LogP contribution in [0.4, 0.5) is 0 Å². The lowest BCUT2D eigenvalue weighted by Crippen LogP contribution is -2.47. The molecule has 0 fully saturated rings. The van der Waals surface area contributed by atoms with E-state index in [1.165, 1.54) is 27.1 Å². The zero-order valence-electron chi connectivity index (χ0n) is 37.5. The van der Waals surface area contributed by atoms with Crippen molar-refractivity contribution >= 4 is 71.4 Å². The minimum absolute atomic E-state index is 0.243. The van der Waals surface area contributed by atoms with Gasteiger partial charge in [0.05, 0.1) is 38.8 Å². The lowest BCUT2D eigenvalue weighted by atomic mass is 9.99. The van der Waals surface area contributed by atoms with E-state index >= 15 is 0 Å². The Hall–Kier alpha value is -8.97. The fourth-order valence-electron chi connectivity index (χ4n) is 11.1. The molecule has 0 amide bonds. The van der Waals surface area contributed by atoms with Crippen molar-refractivity contribution in [3.8, 4) is 33.6 Å². The standard InChI is InChI=1S/C63H44N6/c1-5-20-41(21-6-1)44-26-19-27-45(40-44)62-64-61(43-24-9-3-10-25-43)65-63(66-62)69-54-34-17-14-31-49(54)51-37-36-50-48-30-13-16-33-53(48)68(59(50)60(51)69)58-47(42-22-7-2-8-23-42)38-39-56-57(58)52-32-15-18-35-55(52)67(56)46-28-11-4-12-29-46/h1-40,61-62,64H,(H,65,66). The summed E-state index contributed by atoms with van der Waals surface area (Å²) in [4.78, 5) is 5.71.